The van der Waals surface area contributed by atoms with Crippen LogP contribution >= 0.6 is 0 Å². The highest BCUT2D eigenvalue weighted by Gasteiger charge is 2.58. The number of carbonyl (C=O) groups excluding carboxylic acids is 2. The van der Waals surface area contributed by atoms with E-state index in [-0.39, 0.29) is 18.9 Å². The van der Waals surface area contributed by atoms with Gasteiger partial charge in [-0.25, -0.2) is 13.1 Å². The molecule has 1 saturated carbocycles. The maximum atomic E-state index is 12.7. The molecule has 1 aliphatic carbocycles. The summed E-state index contributed by atoms with van der Waals surface area (Å²) < 4.78 is 27.7. The minimum Gasteiger partial charge on any atom is -0.295 e. The van der Waals surface area contributed by atoms with E-state index in [1.54, 1.807) is 6.20 Å². The number of amides is 2. The second kappa shape index (κ2) is 5.35. The maximum Gasteiger partial charge on any atom is 0.251 e. The normalized spacial score (nSPS) is 28.8. The first-order chi connectivity index (χ1) is 11.4. The van der Waals surface area contributed by atoms with Gasteiger partial charge in [0.25, 0.3) is 5.91 Å². The van der Waals surface area contributed by atoms with E-state index >= 15 is 0 Å². The number of aromatic nitrogens is 3. The van der Waals surface area contributed by atoms with Crippen molar-refractivity contribution in [2.75, 3.05) is 6.54 Å². The van der Waals surface area contributed by atoms with Crippen molar-refractivity contribution in [2.45, 2.75) is 55.9 Å². The van der Waals surface area contributed by atoms with Crippen molar-refractivity contribution < 1.29 is 18.0 Å². The first kappa shape index (κ1) is 15.7. The fourth-order valence-electron chi connectivity index (χ4n) is 3.57. The van der Waals surface area contributed by atoms with Crippen LogP contribution in [0.4, 0.5) is 0 Å². The summed E-state index contributed by atoms with van der Waals surface area (Å²) in [5.41, 5.74) is 0.515. The van der Waals surface area contributed by atoms with Crippen molar-refractivity contribution in [3.05, 3.63) is 11.9 Å². The number of sulfonamides is 1. The van der Waals surface area contributed by atoms with Gasteiger partial charge in [-0.15, -0.1) is 5.10 Å². The monoisotopic (exact) mass is 353 g/mol. The van der Waals surface area contributed by atoms with E-state index in [9.17, 15) is 18.0 Å². The van der Waals surface area contributed by atoms with Gasteiger partial charge in [0, 0.05) is 13.0 Å². The smallest absolute Gasteiger partial charge is 0.251 e. The van der Waals surface area contributed by atoms with Crippen LogP contribution in [-0.2, 0) is 26.2 Å². The Balaban J connectivity index is 1.49. The second-order valence-corrected chi connectivity index (χ2v) is 9.11. The molecule has 1 spiro atoms. The molecule has 3 fully saturated rings. The molecule has 2 aliphatic heterocycles. The predicted octanol–water partition coefficient (Wildman–Crippen LogP) is -0.286. The molecule has 1 atom stereocenters. The van der Waals surface area contributed by atoms with Crippen LogP contribution < -0.4 is 5.32 Å². The lowest BCUT2D eigenvalue weighted by Gasteiger charge is -2.31. The zero-order valence-corrected chi connectivity index (χ0v) is 14.0. The Bertz CT molecular complexity index is 798. The van der Waals surface area contributed by atoms with Gasteiger partial charge in [-0.1, -0.05) is 5.21 Å². The van der Waals surface area contributed by atoms with Crippen LogP contribution in [0.2, 0.25) is 0 Å². The van der Waals surface area contributed by atoms with E-state index in [2.05, 4.69) is 15.6 Å². The van der Waals surface area contributed by atoms with Crippen molar-refractivity contribution in [1.29, 1.82) is 0 Å². The highest BCUT2D eigenvalue weighted by molar-refractivity contribution is 7.90. The molecular formula is C14H19N5O4S. The van der Waals surface area contributed by atoms with Gasteiger partial charge in [0.05, 0.1) is 23.2 Å². The van der Waals surface area contributed by atoms with Crippen LogP contribution in [0.1, 0.15) is 50.3 Å². The van der Waals surface area contributed by atoms with Crippen molar-refractivity contribution in [3.63, 3.8) is 0 Å². The van der Waals surface area contributed by atoms with Gasteiger partial charge in [-0.05, 0) is 32.1 Å². The summed E-state index contributed by atoms with van der Waals surface area (Å²) in [6.07, 6.45) is 5.33. The van der Waals surface area contributed by atoms with Gasteiger partial charge >= 0.3 is 0 Å². The van der Waals surface area contributed by atoms with Gasteiger partial charge in [0.15, 0.2) is 0 Å². The molecule has 1 aromatic heterocycles. The zero-order valence-electron chi connectivity index (χ0n) is 13.1. The molecular weight excluding hydrogens is 334 g/mol. The largest absolute Gasteiger partial charge is 0.295 e. The molecule has 1 unspecified atom stereocenters. The summed E-state index contributed by atoms with van der Waals surface area (Å²) in [4.78, 5) is 23.1. The summed E-state index contributed by atoms with van der Waals surface area (Å²) in [6.45, 7) is 0.673. The average molecular weight is 353 g/mol. The van der Waals surface area contributed by atoms with Crippen LogP contribution in [0.25, 0.3) is 0 Å². The molecule has 24 heavy (non-hydrogen) atoms. The predicted molar refractivity (Wildman–Crippen MR) is 82.0 cm³/mol. The van der Waals surface area contributed by atoms with Crippen LogP contribution in [0.5, 0.6) is 0 Å². The minimum atomic E-state index is -3.29. The number of hydrogen-bond acceptors (Lipinski definition) is 6. The van der Waals surface area contributed by atoms with E-state index in [1.165, 1.54) is 8.99 Å². The summed E-state index contributed by atoms with van der Waals surface area (Å²) >= 11 is 0. The van der Waals surface area contributed by atoms with Gasteiger partial charge in [-0.3, -0.25) is 14.9 Å². The molecule has 1 aromatic rings. The molecule has 4 rings (SSSR count). The Morgan fingerprint density at radius 3 is 2.79 bits per heavy atom. The van der Waals surface area contributed by atoms with Gasteiger partial charge in [0.2, 0.25) is 15.9 Å². The lowest BCUT2D eigenvalue weighted by Crippen LogP contribution is -2.44. The minimum absolute atomic E-state index is 0.178. The molecule has 9 nitrogen and oxygen atoms in total. The Morgan fingerprint density at radius 1 is 1.29 bits per heavy atom. The van der Waals surface area contributed by atoms with E-state index in [4.69, 9.17) is 0 Å². The third kappa shape index (κ3) is 2.44. The lowest BCUT2D eigenvalue weighted by molar-refractivity contribution is -0.136. The molecule has 1 N–H and O–H groups in total. The maximum absolute atomic E-state index is 12.7. The summed E-state index contributed by atoms with van der Waals surface area (Å²) in [6, 6.07) is -0.573. The number of piperidine rings is 1. The molecule has 3 heterocycles. The first-order valence-corrected chi connectivity index (χ1v) is 9.59. The highest BCUT2D eigenvalue weighted by Crippen LogP contribution is 2.51. The summed E-state index contributed by atoms with van der Waals surface area (Å²) in [5.74, 6) is -0.684. The number of nitrogens with one attached hydrogen (secondary N) is 1. The SMILES string of the molecule is O=C1CCC(n2cc(CN3CCCC4(CC4)S3(=O)=O)nn2)C(=O)N1. The zero-order chi connectivity index (χ0) is 16.9. The molecule has 0 aromatic carbocycles. The van der Waals surface area contributed by atoms with Crippen LogP contribution in [0.15, 0.2) is 6.20 Å². The van der Waals surface area contributed by atoms with Crippen molar-refractivity contribution in [2.24, 2.45) is 0 Å². The average Bonchev–Trinajstić information content (AvgIpc) is 3.17. The standard InChI is InChI=1S/C14H19N5O4S/c20-12-3-2-11(13(21)15-12)19-9-10(16-17-19)8-18-7-1-4-14(5-6-14)24(18,22)23/h9,11H,1-8H2,(H,15,20,21). The second-order valence-electron chi connectivity index (χ2n) is 6.78. The molecule has 10 heteroatoms. The fraction of sp³-hybridized carbons (Fsp3) is 0.714. The lowest BCUT2D eigenvalue weighted by atomic mass is 10.1. The summed E-state index contributed by atoms with van der Waals surface area (Å²) in [5, 5.41) is 10.2. The fourth-order valence-corrected chi connectivity index (χ4v) is 5.81. The number of carbonyl (C=O) groups is 2. The molecule has 130 valence electrons. The Labute approximate surface area is 139 Å². The quantitative estimate of drug-likeness (QED) is 0.747. The van der Waals surface area contributed by atoms with Crippen molar-refractivity contribution in [1.82, 2.24) is 24.6 Å². The summed E-state index contributed by atoms with van der Waals surface area (Å²) in [7, 11) is -3.29. The van der Waals surface area contributed by atoms with Crippen molar-refractivity contribution >= 4 is 21.8 Å². The highest BCUT2D eigenvalue weighted by atomic mass is 32.2. The number of imide groups is 1. The van der Waals surface area contributed by atoms with Crippen LogP contribution in [0.3, 0.4) is 0 Å². The van der Waals surface area contributed by atoms with Crippen LogP contribution in [-0.4, -0.2) is 50.8 Å². The van der Waals surface area contributed by atoms with E-state index < -0.39 is 26.7 Å². The third-order valence-corrected chi connectivity index (χ3v) is 7.86. The van der Waals surface area contributed by atoms with Gasteiger partial charge < -0.3 is 0 Å². The first-order valence-electron chi connectivity index (χ1n) is 8.15. The van der Waals surface area contributed by atoms with Gasteiger partial charge in [0.1, 0.15) is 6.04 Å². The topological polar surface area (TPSA) is 114 Å². The van der Waals surface area contributed by atoms with Crippen molar-refractivity contribution in [3.8, 4) is 0 Å². The number of hydrogen-bond donors (Lipinski definition) is 1. The molecule has 2 amide bonds. The van der Waals surface area contributed by atoms with Gasteiger partial charge in [-0.2, -0.15) is 4.31 Å². The molecule has 0 radical (unpaired) electrons. The van der Waals surface area contributed by atoms with E-state index in [1.807, 2.05) is 0 Å². The van der Waals surface area contributed by atoms with Crippen LogP contribution in [0, 0.1) is 0 Å². The molecule has 3 aliphatic rings. The van der Waals surface area contributed by atoms with E-state index in [0.29, 0.717) is 18.7 Å². The number of nitrogens with zero attached hydrogens (tertiary/aromatic N) is 4. The Morgan fingerprint density at radius 2 is 2.08 bits per heavy atom. The molecule has 0 bridgehead atoms. The molecule has 2 saturated heterocycles. The number of rotatable bonds is 3. The van der Waals surface area contributed by atoms with E-state index in [0.717, 1.165) is 25.7 Å². The Kier molecular flexibility index (Phi) is 3.50. The Hall–Kier alpha value is -1.81. The third-order valence-electron chi connectivity index (χ3n) is 5.16.